The zero-order valence-electron chi connectivity index (χ0n) is 12.0. The second-order valence-electron chi connectivity index (χ2n) is 5.29. The Morgan fingerprint density at radius 2 is 2.25 bits per heavy atom. The lowest BCUT2D eigenvalue weighted by Crippen LogP contribution is -2.35. The molecule has 0 spiro atoms. The number of aliphatic hydroxyl groups is 1. The van der Waals surface area contributed by atoms with Gasteiger partial charge in [-0.25, -0.2) is 4.98 Å². The lowest BCUT2D eigenvalue weighted by molar-refractivity contribution is -0.116. The molecule has 20 heavy (non-hydrogen) atoms. The Morgan fingerprint density at radius 1 is 1.50 bits per heavy atom. The quantitative estimate of drug-likeness (QED) is 0.864. The van der Waals surface area contributed by atoms with Gasteiger partial charge < -0.3 is 15.3 Å². The van der Waals surface area contributed by atoms with E-state index < -0.39 is 0 Å². The number of amides is 1. The first-order valence-electron chi connectivity index (χ1n) is 7.35. The normalized spacial score (nSPS) is 16.2. The number of pyridine rings is 1. The fourth-order valence-electron chi connectivity index (χ4n) is 2.51. The molecule has 2 rings (SSSR count). The molecule has 0 aliphatic carbocycles. The molecule has 0 bridgehead atoms. The van der Waals surface area contributed by atoms with E-state index in [-0.39, 0.29) is 12.5 Å². The van der Waals surface area contributed by atoms with Crippen molar-refractivity contribution in [1.29, 1.82) is 0 Å². The van der Waals surface area contributed by atoms with Crippen LogP contribution in [0.5, 0.6) is 0 Å². The van der Waals surface area contributed by atoms with Gasteiger partial charge in [0, 0.05) is 32.3 Å². The predicted octanol–water partition coefficient (Wildman–Crippen LogP) is 2.03. The van der Waals surface area contributed by atoms with E-state index in [0.29, 0.717) is 12.3 Å². The van der Waals surface area contributed by atoms with Crippen molar-refractivity contribution < 1.29 is 9.90 Å². The van der Waals surface area contributed by atoms with Crippen molar-refractivity contribution in [1.82, 2.24) is 4.98 Å². The molecule has 1 aliphatic rings. The van der Waals surface area contributed by atoms with Gasteiger partial charge in [0.15, 0.2) is 5.82 Å². The molecule has 5 heteroatoms. The zero-order chi connectivity index (χ0) is 14.4. The maximum atomic E-state index is 11.8. The van der Waals surface area contributed by atoms with Crippen molar-refractivity contribution >= 4 is 17.4 Å². The van der Waals surface area contributed by atoms with Gasteiger partial charge in [-0.2, -0.15) is 0 Å². The molecule has 5 nitrogen and oxygen atoms in total. The Morgan fingerprint density at radius 3 is 2.90 bits per heavy atom. The molecule has 2 N–H and O–H groups in total. The molecule has 0 radical (unpaired) electrons. The lowest BCUT2D eigenvalue weighted by Gasteiger charge is -2.33. The van der Waals surface area contributed by atoms with Crippen molar-refractivity contribution in [2.45, 2.75) is 32.6 Å². The number of rotatable bonds is 5. The topological polar surface area (TPSA) is 65.5 Å². The Balaban J connectivity index is 2.06. The van der Waals surface area contributed by atoms with Crippen LogP contribution in [0.2, 0.25) is 0 Å². The highest BCUT2D eigenvalue weighted by Gasteiger charge is 2.21. The highest BCUT2D eigenvalue weighted by Crippen LogP contribution is 2.27. The number of hydrogen-bond acceptors (Lipinski definition) is 4. The summed E-state index contributed by atoms with van der Waals surface area (Å²) < 4.78 is 0. The number of nitrogens with one attached hydrogen (secondary N) is 1. The smallest absolute Gasteiger partial charge is 0.224 e. The van der Waals surface area contributed by atoms with E-state index in [1.54, 1.807) is 6.20 Å². The fourth-order valence-corrected chi connectivity index (χ4v) is 2.51. The first-order chi connectivity index (χ1) is 9.74. The van der Waals surface area contributed by atoms with Gasteiger partial charge in [-0.05, 0) is 37.3 Å². The monoisotopic (exact) mass is 277 g/mol. The molecule has 1 aromatic heterocycles. The van der Waals surface area contributed by atoms with Gasteiger partial charge in [-0.3, -0.25) is 4.79 Å². The van der Waals surface area contributed by atoms with Gasteiger partial charge in [-0.15, -0.1) is 0 Å². The van der Waals surface area contributed by atoms with Crippen molar-refractivity contribution in [2.75, 3.05) is 29.9 Å². The molecule has 2 heterocycles. The number of anilines is 2. The standard InChI is InChI=1S/C15H23N3O2/c1-2-4-14(20)17-13-5-3-8-16-15(13)18-9-6-12(11-19)7-10-18/h3,5,8,12,19H,2,4,6-7,9-11H2,1H3,(H,17,20). The van der Waals surface area contributed by atoms with Gasteiger partial charge in [0.05, 0.1) is 5.69 Å². The van der Waals surface area contributed by atoms with Crippen molar-refractivity contribution in [3.05, 3.63) is 18.3 Å². The molecule has 1 aliphatic heterocycles. The van der Waals surface area contributed by atoms with E-state index >= 15 is 0 Å². The van der Waals surface area contributed by atoms with E-state index in [0.717, 1.165) is 43.9 Å². The van der Waals surface area contributed by atoms with Crippen LogP contribution in [0.25, 0.3) is 0 Å². The summed E-state index contributed by atoms with van der Waals surface area (Å²) in [6.45, 7) is 4.00. The minimum Gasteiger partial charge on any atom is -0.396 e. The molecular formula is C15H23N3O2. The van der Waals surface area contributed by atoms with E-state index in [4.69, 9.17) is 0 Å². The summed E-state index contributed by atoms with van der Waals surface area (Å²) in [4.78, 5) is 18.4. The maximum absolute atomic E-state index is 11.8. The zero-order valence-corrected chi connectivity index (χ0v) is 12.0. The summed E-state index contributed by atoms with van der Waals surface area (Å²) in [6.07, 6.45) is 5.05. The Bertz CT molecular complexity index is 442. The second-order valence-corrected chi connectivity index (χ2v) is 5.29. The SMILES string of the molecule is CCCC(=O)Nc1cccnc1N1CCC(CO)CC1. The Hall–Kier alpha value is -1.62. The van der Waals surface area contributed by atoms with Crippen molar-refractivity contribution in [2.24, 2.45) is 5.92 Å². The lowest BCUT2D eigenvalue weighted by atomic mass is 9.98. The molecular weight excluding hydrogens is 254 g/mol. The molecule has 0 aromatic carbocycles. The minimum atomic E-state index is 0.0343. The van der Waals surface area contributed by atoms with Crippen LogP contribution >= 0.6 is 0 Å². The van der Waals surface area contributed by atoms with E-state index in [1.807, 2.05) is 19.1 Å². The van der Waals surface area contributed by atoms with Crippen LogP contribution in [-0.4, -0.2) is 35.7 Å². The highest BCUT2D eigenvalue weighted by atomic mass is 16.3. The number of aromatic nitrogens is 1. The summed E-state index contributed by atoms with van der Waals surface area (Å²) in [5, 5.41) is 12.1. The third-order valence-electron chi connectivity index (χ3n) is 3.71. The molecule has 1 amide bonds. The van der Waals surface area contributed by atoms with Gasteiger partial charge in [0.2, 0.25) is 5.91 Å². The highest BCUT2D eigenvalue weighted by molar-refractivity contribution is 5.93. The molecule has 1 saturated heterocycles. The van der Waals surface area contributed by atoms with E-state index in [1.165, 1.54) is 0 Å². The number of nitrogens with zero attached hydrogens (tertiary/aromatic N) is 2. The number of aliphatic hydroxyl groups excluding tert-OH is 1. The van der Waals surface area contributed by atoms with Crippen LogP contribution in [0.1, 0.15) is 32.6 Å². The summed E-state index contributed by atoms with van der Waals surface area (Å²) in [5.74, 6) is 1.27. The van der Waals surface area contributed by atoms with Crippen LogP contribution in [0.15, 0.2) is 18.3 Å². The van der Waals surface area contributed by atoms with Crippen LogP contribution in [-0.2, 0) is 4.79 Å². The van der Waals surface area contributed by atoms with Crippen molar-refractivity contribution in [3.63, 3.8) is 0 Å². The summed E-state index contributed by atoms with van der Waals surface area (Å²) in [5.41, 5.74) is 0.786. The number of carbonyl (C=O) groups is 1. The average molecular weight is 277 g/mol. The molecule has 1 aromatic rings. The van der Waals surface area contributed by atoms with Crippen LogP contribution in [0.4, 0.5) is 11.5 Å². The summed E-state index contributed by atoms with van der Waals surface area (Å²) in [6, 6.07) is 3.74. The maximum Gasteiger partial charge on any atom is 0.224 e. The van der Waals surface area contributed by atoms with Gasteiger partial charge in [0.1, 0.15) is 0 Å². The third kappa shape index (κ3) is 3.70. The van der Waals surface area contributed by atoms with E-state index in [9.17, 15) is 9.90 Å². The first kappa shape index (κ1) is 14.8. The summed E-state index contributed by atoms with van der Waals surface area (Å²) in [7, 11) is 0. The fraction of sp³-hybridized carbons (Fsp3) is 0.600. The molecule has 110 valence electrons. The van der Waals surface area contributed by atoms with E-state index in [2.05, 4.69) is 15.2 Å². The largest absolute Gasteiger partial charge is 0.396 e. The van der Waals surface area contributed by atoms with Crippen molar-refractivity contribution in [3.8, 4) is 0 Å². The molecule has 0 saturated carbocycles. The van der Waals surface area contributed by atoms with Crippen LogP contribution < -0.4 is 10.2 Å². The number of hydrogen-bond donors (Lipinski definition) is 2. The van der Waals surface area contributed by atoms with Crippen LogP contribution in [0, 0.1) is 5.92 Å². The molecule has 0 unspecified atom stereocenters. The average Bonchev–Trinajstić information content (AvgIpc) is 2.48. The minimum absolute atomic E-state index is 0.0343. The predicted molar refractivity (Wildman–Crippen MR) is 79.8 cm³/mol. The molecule has 1 fully saturated rings. The number of piperidine rings is 1. The molecule has 0 atom stereocenters. The number of carbonyl (C=O) groups excluding carboxylic acids is 1. The first-order valence-corrected chi connectivity index (χ1v) is 7.35. The van der Waals surface area contributed by atoms with Gasteiger partial charge in [-0.1, -0.05) is 6.92 Å². The Kier molecular flexibility index (Phi) is 5.35. The van der Waals surface area contributed by atoms with Crippen LogP contribution in [0.3, 0.4) is 0 Å². The third-order valence-corrected chi connectivity index (χ3v) is 3.71. The Labute approximate surface area is 120 Å². The summed E-state index contributed by atoms with van der Waals surface area (Å²) >= 11 is 0. The van der Waals surface area contributed by atoms with Gasteiger partial charge in [0.25, 0.3) is 0 Å². The second kappa shape index (κ2) is 7.24. The van der Waals surface area contributed by atoms with Gasteiger partial charge >= 0.3 is 0 Å².